The van der Waals surface area contributed by atoms with Crippen LogP contribution in [0.3, 0.4) is 0 Å². The number of anilines is 1. The van der Waals surface area contributed by atoms with Crippen molar-refractivity contribution in [2.75, 3.05) is 18.1 Å². The molecule has 0 aliphatic rings. The van der Waals surface area contributed by atoms with E-state index in [1.54, 1.807) is 79.9 Å². The lowest BCUT2D eigenvalue weighted by Crippen LogP contribution is -2.37. The maximum Gasteiger partial charge on any atom is 0.349 e. The van der Waals surface area contributed by atoms with Crippen LogP contribution in [0.15, 0.2) is 66.0 Å². The van der Waals surface area contributed by atoms with Crippen LogP contribution < -0.4 is 4.90 Å². The van der Waals surface area contributed by atoms with Gasteiger partial charge in [-0.1, -0.05) is 36.4 Å². The number of hydrogen-bond donors (Lipinski definition) is 0. The molecule has 2 heterocycles. The van der Waals surface area contributed by atoms with Crippen LogP contribution in [-0.2, 0) is 9.47 Å². The fourth-order valence-electron chi connectivity index (χ4n) is 3.53. The minimum absolute atomic E-state index is 0.00623. The molecular formula is C26H21NO6S2. The van der Waals surface area contributed by atoms with E-state index >= 15 is 0 Å². The first-order valence-corrected chi connectivity index (χ1v) is 12.5. The molecule has 0 radical (unpaired) electrons. The van der Waals surface area contributed by atoms with Crippen molar-refractivity contribution in [3.63, 3.8) is 0 Å². The molecule has 0 aliphatic carbocycles. The van der Waals surface area contributed by atoms with Crippen molar-refractivity contribution in [3.05, 3.63) is 87.6 Å². The molecule has 7 nitrogen and oxygen atoms in total. The molecule has 0 fully saturated rings. The van der Waals surface area contributed by atoms with Crippen LogP contribution in [0.1, 0.15) is 54.6 Å². The quantitative estimate of drug-likeness (QED) is 0.232. The summed E-state index contributed by atoms with van der Waals surface area (Å²) in [6, 6.07) is 16.8. The van der Waals surface area contributed by atoms with E-state index in [0.29, 0.717) is 20.5 Å². The number of amides is 2. The second-order valence-electron chi connectivity index (χ2n) is 7.21. The topological polar surface area (TPSA) is 90.0 Å². The Morgan fingerprint density at radius 3 is 1.80 bits per heavy atom. The molecule has 2 aromatic heterocycles. The normalized spacial score (nSPS) is 10.7. The number of thiophene rings is 2. The molecule has 2 amide bonds. The molecule has 0 bridgehead atoms. The number of nitrogens with zero attached hydrogens (tertiary/aromatic N) is 1. The molecule has 0 unspecified atom stereocenters. The predicted molar refractivity (Wildman–Crippen MR) is 136 cm³/mol. The molecule has 0 aliphatic heterocycles. The number of imide groups is 1. The number of benzene rings is 2. The Labute approximate surface area is 209 Å². The maximum absolute atomic E-state index is 13.7. The van der Waals surface area contributed by atoms with Gasteiger partial charge in [-0.3, -0.25) is 9.59 Å². The van der Waals surface area contributed by atoms with Crippen LogP contribution in [0.25, 0.3) is 9.40 Å². The highest BCUT2D eigenvalue weighted by Gasteiger charge is 2.34. The molecule has 4 rings (SSSR count). The highest BCUT2D eigenvalue weighted by atomic mass is 32.2. The van der Waals surface area contributed by atoms with Crippen molar-refractivity contribution in [2.45, 2.75) is 13.8 Å². The molecule has 0 N–H and O–H groups in total. The van der Waals surface area contributed by atoms with E-state index in [0.717, 1.165) is 16.2 Å². The Bertz CT molecular complexity index is 1340. The van der Waals surface area contributed by atoms with E-state index in [1.165, 1.54) is 11.3 Å². The van der Waals surface area contributed by atoms with Crippen LogP contribution in [-0.4, -0.2) is 37.0 Å². The van der Waals surface area contributed by atoms with E-state index in [2.05, 4.69) is 0 Å². The summed E-state index contributed by atoms with van der Waals surface area (Å²) in [5.74, 6) is -2.50. The van der Waals surface area contributed by atoms with Crippen molar-refractivity contribution in [1.82, 2.24) is 0 Å². The maximum atomic E-state index is 13.7. The van der Waals surface area contributed by atoms with Gasteiger partial charge in [0.15, 0.2) is 0 Å². The average Bonchev–Trinajstić information content (AvgIpc) is 3.45. The lowest BCUT2D eigenvalue weighted by Gasteiger charge is -2.21. The van der Waals surface area contributed by atoms with Gasteiger partial charge in [0.1, 0.15) is 4.88 Å². The third-order valence-electron chi connectivity index (χ3n) is 5.04. The summed E-state index contributed by atoms with van der Waals surface area (Å²) in [5, 5.41) is 1.95. The zero-order valence-corrected chi connectivity index (χ0v) is 20.6. The summed E-state index contributed by atoms with van der Waals surface area (Å²) in [6.07, 6.45) is 0. The molecule has 0 saturated heterocycles. The number of hydrogen-bond acceptors (Lipinski definition) is 8. The van der Waals surface area contributed by atoms with Crippen LogP contribution in [0.2, 0.25) is 0 Å². The van der Waals surface area contributed by atoms with Crippen LogP contribution >= 0.6 is 22.7 Å². The van der Waals surface area contributed by atoms with E-state index in [4.69, 9.17) is 9.47 Å². The fourth-order valence-corrected chi connectivity index (χ4v) is 5.80. The Balaban J connectivity index is 1.95. The number of rotatable bonds is 7. The van der Waals surface area contributed by atoms with Gasteiger partial charge in [0.05, 0.1) is 28.5 Å². The first kappa shape index (κ1) is 24.3. The second-order valence-corrected chi connectivity index (χ2v) is 9.37. The van der Waals surface area contributed by atoms with Gasteiger partial charge in [-0.15, -0.1) is 22.7 Å². The molecule has 0 atom stereocenters. The summed E-state index contributed by atoms with van der Waals surface area (Å²) in [7, 11) is 0. The summed E-state index contributed by atoms with van der Waals surface area (Å²) < 4.78 is 11.0. The minimum atomic E-state index is -0.722. The van der Waals surface area contributed by atoms with Crippen molar-refractivity contribution >= 4 is 61.5 Å². The highest BCUT2D eigenvalue weighted by Crippen LogP contribution is 2.44. The van der Waals surface area contributed by atoms with Crippen LogP contribution in [0.4, 0.5) is 5.69 Å². The SMILES string of the molecule is CCOC(=O)c1sc2scc(N(C(=O)c3ccccc3)C(=O)c3ccccc3)c2c1C(=O)OCC. The largest absolute Gasteiger partial charge is 0.462 e. The Morgan fingerprint density at radius 2 is 1.29 bits per heavy atom. The van der Waals surface area contributed by atoms with Gasteiger partial charge in [-0.25, -0.2) is 14.5 Å². The zero-order chi connectivity index (χ0) is 24.9. The van der Waals surface area contributed by atoms with Crippen molar-refractivity contribution < 1.29 is 28.7 Å². The van der Waals surface area contributed by atoms with E-state index < -0.39 is 23.8 Å². The lowest BCUT2D eigenvalue weighted by molar-refractivity contribution is 0.0485. The van der Waals surface area contributed by atoms with Gasteiger partial charge >= 0.3 is 11.9 Å². The van der Waals surface area contributed by atoms with Crippen molar-refractivity contribution in [2.24, 2.45) is 0 Å². The third kappa shape index (κ3) is 4.73. The summed E-state index contributed by atoms with van der Waals surface area (Å²) in [4.78, 5) is 54.1. The molecule has 0 spiro atoms. The predicted octanol–water partition coefficient (Wildman–Crippen LogP) is 5.80. The number of ether oxygens (including phenoxy) is 2. The Morgan fingerprint density at radius 1 is 0.771 bits per heavy atom. The molecular weight excluding hydrogens is 486 g/mol. The second kappa shape index (κ2) is 10.6. The number of fused-ring (bicyclic) bond motifs is 1. The Hall–Kier alpha value is -3.82. The van der Waals surface area contributed by atoms with Gasteiger partial charge in [0.2, 0.25) is 0 Å². The third-order valence-corrected chi connectivity index (χ3v) is 7.30. The van der Waals surface area contributed by atoms with Crippen LogP contribution in [0, 0.1) is 0 Å². The number of carbonyl (C=O) groups excluding carboxylic acids is 4. The van der Waals surface area contributed by atoms with Gasteiger partial charge in [0.25, 0.3) is 11.8 Å². The first-order valence-electron chi connectivity index (χ1n) is 10.8. The summed E-state index contributed by atoms with van der Waals surface area (Å²) in [5.41, 5.74) is 0.806. The fraction of sp³-hybridized carbons (Fsp3) is 0.154. The Kier molecular flexibility index (Phi) is 7.38. The van der Waals surface area contributed by atoms with E-state index in [1.807, 2.05) is 0 Å². The van der Waals surface area contributed by atoms with E-state index in [9.17, 15) is 19.2 Å². The molecule has 178 valence electrons. The van der Waals surface area contributed by atoms with Gasteiger partial charge in [-0.05, 0) is 38.1 Å². The summed E-state index contributed by atoms with van der Waals surface area (Å²) in [6.45, 7) is 3.55. The van der Waals surface area contributed by atoms with Gasteiger partial charge in [0, 0.05) is 21.9 Å². The van der Waals surface area contributed by atoms with Crippen molar-refractivity contribution in [1.29, 1.82) is 0 Å². The van der Waals surface area contributed by atoms with E-state index in [-0.39, 0.29) is 29.3 Å². The van der Waals surface area contributed by atoms with Crippen molar-refractivity contribution in [3.8, 4) is 0 Å². The minimum Gasteiger partial charge on any atom is -0.462 e. The summed E-state index contributed by atoms with van der Waals surface area (Å²) >= 11 is 2.30. The molecule has 9 heteroatoms. The zero-order valence-electron chi connectivity index (χ0n) is 19.0. The first-order chi connectivity index (χ1) is 17.0. The lowest BCUT2D eigenvalue weighted by atomic mass is 10.1. The average molecular weight is 508 g/mol. The van der Waals surface area contributed by atoms with Gasteiger partial charge in [-0.2, -0.15) is 0 Å². The smallest absolute Gasteiger partial charge is 0.349 e. The molecule has 4 aromatic rings. The molecule has 0 saturated carbocycles. The monoisotopic (exact) mass is 507 g/mol. The number of esters is 2. The standard InChI is InChI=1S/C26H21NO6S2/c1-3-32-24(30)20-19-18(15-34-26(19)35-21(20)25(31)33-4-2)27(22(28)16-11-7-5-8-12-16)23(29)17-13-9-6-10-14-17/h5-15H,3-4H2,1-2H3. The van der Waals surface area contributed by atoms with Crippen LogP contribution in [0.5, 0.6) is 0 Å². The molecule has 2 aromatic carbocycles. The molecule has 35 heavy (non-hydrogen) atoms. The van der Waals surface area contributed by atoms with Gasteiger partial charge < -0.3 is 9.47 Å². The number of carbonyl (C=O) groups is 4. The highest BCUT2D eigenvalue weighted by molar-refractivity contribution is 7.39.